The highest BCUT2D eigenvalue weighted by Gasteiger charge is 2.05. The number of thiol groups is 1. The second-order valence-corrected chi connectivity index (χ2v) is 6.99. The largest absolute Gasteiger partial charge is 0.302 e. The lowest BCUT2D eigenvalue weighted by atomic mass is 10.2. The molecular formula is C13H16N4O2S3. The van der Waals surface area contributed by atoms with E-state index in [9.17, 15) is 9.59 Å². The number of carbonyl (C=O) groups excluding carboxylic acids is 2. The number of nitrogens with one attached hydrogen (secondary N) is 3. The fourth-order valence-electron chi connectivity index (χ4n) is 1.74. The number of thiophene rings is 1. The highest BCUT2D eigenvalue weighted by atomic mass is 32.1. The third-order valence-corrected chi connectivity index (χ3v) is 4.70. The lowest BCUT2D eigenvalue weighted by molar-refractivity contribution is -0.114. The van der Waals surface area contributed by atoms with Crippen LogP contribution in [0.25, 0.3) is 0 Å². The number of hydrogen-bond donors (Lipinski definition) is 4. The predicted molar refractivity (Wildman–Crippen MR) is 92.5 cm³/mol. The van der Waals surface area contributed by atoms with Gasteiger partial charge in [-0.2, -0.15) is 0 Å². The topological polar surface area (TPSA) is 83.1 Å². The van der Waals surface area contributed by atoms with E-state index in [0.29, 0.717) is 11.7 Å². The van der Waals surface area contributed by atoms with Crippen molar-refractivity contribution >= 4 is 51.6 Å². The number of hydrazine groups is 1. The Bertz CT molecular complexity index is 653. The Morgan fingerprint density at radius 1 is 1.27 bits per heavy atom. The van der Waals surface area contributed by atoms with Gasteiger partial charge in [-0.3, -0.25) is 15.0 Å². The zero-order chi connectivity index (χ0) is 15.9. The lowest BCUT2D eigenvalue weighted by Gasteiger charge is -2.01. The van der Waals surface area contributed by atoms with E-state index >= 15 is 0 Å². The number of aryl methyl sites for hydroxylation is 2. The highest BCUT2D eigenvalue weighted by Crippen LogP contribution is 2.20. The first-order chi connectivity index (χ1) is 10.5. The number of anilines is 1. The van der Waals surface area contributed by atoms with Gasteiger partial charge in [0, 0.05) is 28.6 Å². The average molecular weight is 356 g/mol. The van der Waals surface area contributed by atoms with Crippen molar-refractivity contribution in [3.8, 4) is 0 Å². The van der Waals surface area contributed by atoms with Gasteiger partial charge in [0.25, 0.3) is 5.24 Å². The van der Waals surface area contributed by atoms with Gasteiger partial charge in [0.15, 0.2) is 5.13 Å². The molecule has 0 spiro atoms. The maximum Gasteiger partial charge on any atom is 0.290 e. The summed E-state index contributed by atoms with van der Waals surface area (Å²) in [6.45, 7) is 2.04. The van der Waals surface area contributed by atoms with Crippen molar-refractivity contribution in [2.24, 2.45) is 0 Å². The fraction of sp³-hybridized carbons (Fsp3) is 0.308. The minimum absolute atomic E-state index is 0.107. The third kappa shape index (κ3) is 5.76. The predicted octanol–water partition coefficient (Wildman–Crippen LogP) is 2.59. The van der Waals surface area contributed by atoms with Crippen LogP contribution in [0.1, 0.15) is 22.4 Å². The SMILES string of the molecule is CC(=O)Nc1nc(CCc2ccc(CNNC(=O)S)s2)cs1. The average Bonchev–Trinajstić information content (AvgIpc) is 3.05. The molecule has 0 atom stereocenters. The zero-order valence-corrected chi connectivity index (χ0v) is 14.4. The van der Waals surface area contributed by atoms with E-state index in [0.717, 1.165) is 23.4 Å². The van der Waals surface area contributed by atoms with Gasteiger partial charge in [0.2, 0.25) is 5.91 Å². The van der Waals surface area contributed by atoms with Crippen molar-refractivity contribution in [2.75, 3.05) is 5.32 Å². The number of thiazole rings is 1. The Kier molecular flexibility index (Phi) is 6.37. The van der Waals surface area contributed by atoms with Gasteiger partial charge in [-0.15, -0.1) is 22.7 Å². The molecule has 2 rings (SSSR count). The Morgan fingerprint density at radius 3 is 2.77 bits per heavy atom. The van der Waals surface area contributed by atoms with E-state index in [1.807, 2.05) is 11.4 Å². The summed E-state index contributed by atoms with van der Waals surface area (Å²) < 4.78 is 0. The summed E-state index contributed by atoms with van der Waals surface area (Å²) in [6.07, 6.45) is 1.73. The van der Waals surface area contributed by atoms with Gasteiger partial charge in [-0.25, -0.2) is 10.4 Å². The van der Waals surface area contributed by atoms with Crippen molar-refractivity contribution in [1.29, 1.82) is 0 Å². The molecule has 9 heteroatoms. The molecule has 2 aromatic rings. The standard InChI is InChI=1S/C13H16N4O2S3/c1-8(18)15-12-16-9(7-21-12)2-3-10-4-5-11(22-10)6-14-17-13(19)20/h4-5,7,14H,2-3,6H2,1H3,(H,15,16,18)(H2,17,19,20). The first kappa shape index (κ1) is 16.9. The van der Waals surface area contributed by atoms with Gasteiger partial charge in [-0.1, -0.05) is 12.6 Å². The molecule has 0 saturated carbocycles. The summed E-state index contributed by atoms with van der Waals surface area (Å²) in [6, 6.07) is 4.10. The van der Waals surface area contributed by atoms with Gasteiger partial charge in [0.1, 0.15) is 0 Å². The second kappa shape index (κ2) is 8.28. The Morgan fingerprint density at radius 2 is 2.05 bits per heavy atom. The first-order valence-electron chi connectivity index (χ1n) is 6.54. The molecular weight excluding hydrogens is 340 g/mol. The monoisotopic (exact) mass is 356 g/mol. The number of rotatable bonds is 7. The van der Waals surface area contributed by atoms with Crippen LogP contribution in [0.5, 0.6) is 0 Å². The van der Waals surface area contributed by atoms with Gasteiger partial charge in [-0.05, 0) is 25.0 Å². The molecule has 2 aromatic heterocycles. The minimum atomic E-state index is -0.407. The molecule has 0 aliphatic rings. The van der Waals surface area contributed by atoms with Crippen molar-refractivity contribution < 1.29 is 9.59 Å². The molecule has 0 saturated heterocycles. The maximum absolute atomic E-state index is 11.0. The van der Waals surface area contributed by atoms with Crippen LogP contribution in [-0.2, 0) is 24.2 Å². The number of carbonyl (C=O) groups is 2. The van der Waals surface area contributed by atoms with E-state index in [2.05, 4.69) is 39.8 Å². The van der Waals surface area contributed by atoms with Crippen molar-refractivity contribution in [3.63, 3.8) is 0 Å². The van der Waals surface area contributed by atoms with Crippen LogP contribution in [0.4, 0.5) is 9.93 Å². The Labute approximate surface area is 141 Å². The summed E-state index contributed by atoms with van der Waals surface area (Å²) in [7, 11) is 0. The van der Waals surface area contributed by atoms with Crippen LogP contribution in [0.2, 0.25) is 0 Å². The van der Waals surface area contributed by atoms with Gasteiger partial charge < -0.3 is 5.32 Å². The van der Waals surface area contributed by atoms with Crippen molar-refractivity contribution in [3.05, 3.63) is 33.0 Å². The summed E-state index contributed by atoms with van der Waals surface area (Å²) in [5.74, 6) is -0.107. The molecule has 0 aliphatic heterocycles. The van der Waals surface area contributed by atoms with Gasteiger partial charge in [0.05, 0.1) is 5.69 Å². The molecule has 0 unspecified atom stereocenters. The highest BCUT2D eigenvalue weighted by molar-refractivity contribution is 7.96. The van der Waals surface area contributed by atoms with Crippen LogP contribution < -0.4 is 16.2 Å². The van der Waals surface area contributed by atoms with E-state index in [4.69, 9.17) is 0 Å². The van der Waals surface area contributed by atoms with Crippen molar-refractivity contribution in [2.45, 2.75) is 26.3 Å². The molecule has 6 nitrogen and oxygen atoms in total. The molecule has 0 aromatic carbocycles. The van der Waals surface area contributed by atoms with E-state index in [1.165, 1.54) is 23.1 Å². The molecule has 0 fully saturated rings. The van der Waals surface area contributed by atoms with Crippen LogP contribution >= 0.6 is 35.3 Å². The maximum atomic E-state index is 11.0. The zero-order valence-electron chi connectivity index (χ0n) is 11.9. The van der Waals surface area contributed by atoms with Crippen LogP contribution in [0.3, 0.4) is 0 Å². The number of aromatic nitrogens is 1. The third-order valence-electron chi connectivity index (χ3n) is 2.64. The Hall–Kier alpha value is -1.42. The smallest absolute Gasteiger partial charge is 0.290 e. The second-order valence-electron chi connectivity index (χ2n) is 4.48. The molecule has 3 N–H and O–H groups in total. The number of nitrogens with zero attached hydrogens (tertiary/aromatic N) is 1. The molecule has 118 valence electrons. The Balaban J connectivity index is 1.79. The van der Waals surface area contributed by atoms with Gasteiger partial charge >= 0.3 is 0 Å². The molecule has 2 heterocycles. The van der Waals surface area contributed by atoms with Crippen LogP contribution in [-0.4, -0.2) is 16.1 Å². The summed E-state index contributed by atoms with van der Waals surface area (Å²) in [5, 5.41) is 4.88. The minimum Gasteiger partial charge on any atom is -0.302 e. The normalized spacial score (nSPS) is 10.5. The lowest BCUT2D eigenvalue weighted by Crippen LogP contribution is -2.32. The van der Waals surface area contributed by atoms with Crippen molar-refractivity contribution in [1.82, 2.24) is 15.8 Å². The first-order valence-corrected chi connectivity index (χ1v) is 8.68. The summed E-state index contributed by atoms with van der Waals surface area (Å²) in [5.41, 5.74) is 6.19. The van der Waals surface area contributed by atoms with E-state index in [-0.39, 0.29) is 5.91 Å². The van der Waals surface area contributed by atoms with Crippen LogP contribution in [0.15, 0.2) is 17.5 Å². The van der Waals surface area contributed by atoms with E-state index in [1.54, 1.807) is 11.3 Å². The quantitative estimate of drug-likeness (QED) is 0.454. The molecule has 22 heavy (non-hydrogen) atoms. The number of hydrogen-bond acceptors (Lipinski definition) is 6. The molecule has 0 radical (unpaired) electrons. The number of amides is 2. The van der Waals surface area contributed by atoms with Crippen LogP contribution in [0, 0.1) is 0 Å². The summed E-state index contributed by atoms with van der Waals surface area (Å²) in [4.78, 5) is 28.3. The van der Waals surface area contributed by atoms with E-state index < -0.39 is 5.24 Å². The molecule has 0 bridgehead atoms. The summed E-state index contributed by atoms with van der Waals surface area (Å²) >= 11 is 6.73. The molecule has 2 amide bonds. The molecule has 0 aliphatic carbocycles. The fourth-order valence-corrected chi connectivity index (χ4v) is 3.57.